The van der Waals surface area contributed by atoms with Crippen molar-refractivity contribution in [1.82, 2.24) is 4.57 Å². The highest BCUT2D eigenvalue weighted by Gasteiger charge is 2.10. The topological polar surface area (TPSA) is 30.9 Å². The molecule has 2 heteroatoms. The van der Waals surface area contributed by atoms with Gasteiger partial charge in [0.2, 0.25) is 0 Å². The lowest BCUT2D eigenvalue weighted by Gasteiger charge is -1.99. The molecule has 0 spiro atoms. The highest BCUT2D eigenvalue weighted by molar-refractivity contribution is 5.86. The Morgan fingerprint density at radius 3 is 2.67 bits per heavy atom. The van der Waals surface area contributed by atoms with E-state index in [1.54, 1.807) is 0 Å². The summed E-state index contributed by atoms with van der Waals surface area (Å²) in [5, 5.41) is 1.35. The van der Waals surface area contributed by atoms with Gasteiger partial charge in [-0.2, -0.15) is 0 Å². The van der Waals surface area contributed by atoms with Gasteiger partial charge in [0.25, 0.3) is 0 Å². The molecular weight excluding hydrogens is 184 g/mol. The number of nitrogens with zero attached hydrogens (tertiary/aromatic N) is 1. The summed E-state index contributed by atoms with van der Waals surface area (Å²) in [7, 11) is 2.12. The quantitative estimate of drug-likeness (QED) is 0.796. The van der Waals surface area contributed by atoms with Crippen molar-refractivity contribution in [2.45, 2.75) is 20.3 Å². The molecule has 1 aromatic carbocycles. The monoisotopic (exact) mass is 202 g/mol. The molecule has 0 radical (unpaired) electrons. The molecule has 2 N–H and O–H groups in total. The highest BCUT2D eigenvalue weighted by Crippen LogP contribution is 2.25. The fourth-order valence-corrected chi connectivity index (χ4v) is 2.21. The fourth-order valence-electron chi connectivity index (χ4n) is 2.21. The van der Waals surface area contributed by atoms with Gasteiger partial charge in [-0.1, -0.05) is 12.1 Å². The zero-order chi connectivity index (χ0) is 11.0. The van der Waals surface area contributed by atoms with E-state index < -0.39 is 0 Å². The van der Waals surface area contributed by atoms with Crippen LogP contribution in [0.3, 0.4) is 0 Å². The number of fused-ring (bicyclic) bond motifs is 1. The van der Waals surface area contributed by atoms with Gasteiger partial charge in [0.1, 0.15) is 0 Å². The number of aryl methyl sites for hydroxylation is 2. The molecule has 0 atom stereocenters. The van der Waals surface area contributed by atoms with Gasteiger partial charge in [-0.05, 0) is 44.0 Å². The van der Waals surface area contributed by atoms with Gasteiger partial charge < -0.3 is 10.3 Å². The van der Waals surface area contributed by atoms with Crippen LogP contribution in [0.2, 0.25) is 0 Å². The van der Waals surface area contributed by atoms with Crippen LogP contribution in [0.25, 0.3) is 10.9 Å². The number of rotatable bonds is 2. The van der Waals surface area contributed by atoms with Gasteiger partial charge >= 0.3 is 0 Å². The van der Waals surface area contributed by atoms with Crippen molar-refractivity contribution in [1.29, 1.82) is 0 Å². The molecule has 1 heterocycles. The van der Waals surface area contributed by atoms with Gasteiger partial charge in [-0.3, -0.25) is 0 Å². The average molecular weight is 202 g/mol. The lowest BCUT2D eigenvalue weighted by atomic mass is 10.1. The van der Waals surface area contributed by atoms with Crippen LogP contribution in [0, 0.1) is 13.8 Å². The Labute approximate surface area is 90.7 Å². The third-order valence-electron chi connectivity index (χ3n) is 3.17. The average Bonchev–Trinajstić information content (AvgIpc) is 2.44. The lowest BCUT2D eigenvalue weighted by molar-refractivity contribution is 0.882. The Morgan fingerprint density at radius 1 is 1.27 bits per heavy atom. The highest BCUT2D eigenvalue weighted by atomic mass is 14.9. The Bertz CT molecular complexity index is 495. The van der Waals surface area contributed by atoms with Crippen molar-refractivity contribution >= 4 is 10.9 Å². The van der Waals surface area contributed by atoms with E-state index in [1.807, 2.05) is 0 Å². The largest absolute Gasteiger partial charge is 0.348 e. The van der Waals surface area contributed by atoms with E-state index in [-0.39, 0.29) is 0 Å². The maximum atomic E-state index is 5.65. The normalized spacial score (nSPS) is 11.2. The molecule has 0 aliphatic rings. The lowest BCUT2D eigenvalue weighted by Crippen LogP contribution is -2.03. The molecule has 0 aliphatic heterocycles. The van der Waals surface area contributed by atoms with Crippen LogP contribution in [0.1, 0.15) is 16.8 Å². The molecule has 2 rings (SSSR count). The molecular formula is C13H18N2. The first-order valence-corrected chi connectivity index (χ1v) is 5.39. The smallest absolute Gasteiger partial charge is 0.0485 e. The van der Waals surface area contributed by atoms with E-state index in [4.69, 9.17) is 5.73 Å². The third-order valence-corrected chi connectivity index (χ3v) is 3.17. The van der Waals surface area contributed by atoms with Crippen LogP contribution in [0.4, 0.5) is 0 Å². The second-order valence-corrected chi connectivity index (χ2v) is 4.18. The molecule has 0 amide bonds. The molecule has 0 saturated heterocycles. The number of hydrogen-bond acceptors (Lipinski definition) is 1. The first-order valence-electron chi connectivity index (χ1n) is 5.39. The molecule has 1 aromatic heterocycles. The maximum Gasteiger partial charge on any atom is 0.0485 e. The molecule has 2 nitrogen and oxygen atoms in total. The Balaban J connectivity index is 2.75. The maximum absolute atomic E-state index is 5.65. The summed E-state index contributed by atoms with van der Waals surface area (Å²) in [4.78, 5) is 0. The zero-order valence-electron chi connectivity index (χ0n) is 9.67. The summed E-state index contributed by atoms with van der Waals surface area (Å²) in [6.45, 7) is 5.01. The predicted octanol–water partition coefficient (Wildman–Crippen LogP) is 2.30. The van der Waals surface area contributed by atoms with Crippen LogP contribution in [0.5, 0.6) is 0 Å². The van der Waals surface area contributed by atoms with Gasteiger partial charge in [-0.25, -0.2) is 0 Å². The van der Waals surface area contributed by atoms with Crippen LogP contribution in [0.15, 0.2) is 18.2 Å². The molecule has 0 saturated carbocycles. The Kier molecular flexibility index (Phi) is 2.53. The third kappa shape index (κ3) is 1.55. The zero-order valence-corrected chi connectivity index (χ0v) is 9.67. The minimum absolute atomic E-state index is 0.716. The molecule has 80 valence electrons. The minimum atomic E-state index is 0.716. The number of benzene rings is 1. The second kappa shape index (κ2) is 3.70. The van der Waals surface area contributed by atoms with Crippen LogP contribution >= 0.6 is 0 Å². The SMILES string of the molecule is Cc1ccc2c(CCN)c(C)n(C)c2c1. The van der Waals surface area contributed by atoms with Crippen LogP contribution < -0.4 is 5.73 Å². The standard InChI is InChI=1S/C13H18N2/c1-9-4-5-12-11(6-7-14)10(2)15(3)13(12)8-9/h4-5,8H,6-7,14H2,1-3H3. The molecule has 2 aromatic rings. The Hall–Kier alpha value is -1.28. The number of nitrogens with two attached hydrogens (primary N) is 1. The van der Waals surface area contributed by atoms with Crippen LogP contribution in [-0.2, 0) is 13.5 Å². The van der Waals surface area contributed by atoms with E-state index in [9.17, 15) is 0 Å². The first kappa shape index (κ1) is 10.2. The van der Waals surface area contributed by atoms with E-state index in [2.05, 4.69) is 43.7 Å². The molecule has 0 bridgehead atoms. The fraction of sp³-hybridized carbons (Fsp3) is 0.385. The van der Waals surface area contributed by atoms with E-state index >= 15 is 0 Å². The summed E-state index contributed by atoms with van der Waals surface area (Å²) in [6.07, 6.45) is 0.965. The second-order valence-electron chi connectivity index (χ2n) is 4.18. The van der Waals surface area contributed by atoms with Crippen LogP contribution in [-0.4, -0.2) is 11.1 Å². The Morgan fingerprint density at radius 2 is 2.00 bits per heavy atom. The van der Waals surface area contributed by atoms with Crippen molar-refractivity contribution in [2.24, 2.45) is 12.8 Å². The molecule has 0 unspecified atom stereocenters. The minimum Gasteiger partial charge on any atom is -0.348 e. The predicted molar refractivity (Wildman–Crippen MR) is 65.2 cm³/mol. The van der Waals surface area contributed by atoms with Gasteiger partial charge in [0.05, 0.1) is 0 Å². The first-order chi connectivity index (χ1) is 7.15. The summed E-state index contributed by atoms with van der Waals surface area (Å²) in [5.74, 6) is 0. The van der Waals surface area contributed by atoms with Crippen molar-refractivity contribution in [2.75, 3.05) is 6.54 Å². The van der Waals surface area contributed by atoms with Crippen molar-refractivity contribution in [3.63, 3.8) is 0 Å². The van der Waals surface area contributed by atoms with Crippen molar-refractivity contribution in [3.8, 4) is 0 Å². The molecule has 0 aliphatic carbocycles. The number of hydrogen-bond donors (Lipinski definition) is 1. The summed E-state index contributed by atoms with van der Waals surface area (Å²) < 4.78 is 2.26. The number of aromatic nitrogens is 1. The van der Waals surface area contributed by atoms with Crippen molar-refractivity contribution in [3.05, 3.63) is 35.0 Å². The summed E-state index contributed by atoms with van der Waals surface area (Å²) in [5.41, 5.74) is 11.0. The van der Waals surface area contributed by atoms with E-state index in [0.717, 1.165) is 6.42 Å². The van der Waals surface area contributed by atoms with Crippen molar-refractivity contribution < 1.29 is 0 Å². The van der Waals surface area contributed by atoms with Gasteiger partial charge in [0, 0.05) is 23.6 Å². The van der Waals surface area contributed by atoms with E-state index in [0.29, 0.717) is 6.54 Å². The molecule has 0 fully saturated rings. The summed E-state index contributed by atoms with van der Waals surface area (Å²) in [6, 6.07) is 6.62. The van der Waals surface area contributed by atoms with Gasteiger partial charge in [0.15, 0.2) is 0 Å². The van der Waals surface area contributed by atoms with Gasteiger partial charge in [-0.15, -0.1) is 0 Å². The molecule has 15 heavy (non-hydrogen) atoms. The summed E-state index contributed by atoms with van der Waals surface area (Å²) >= 11 is 0. The van der Waals surface area contributed by atoms with E-state index in [1.165, 1.54) is 27.7 Å².